The SMILES string of the molecule is COCCn1cc(-c2ccc(Br)cc2)cn1. The molecule has 0 unspecified atom stereocenters. The summed E-state index contributed by atoms with van der Waals surface area (Å²) in [5, 5.41) is 4.28. The highest BCUT2D eigenvalue weighted by Gasteiger charge is 2.01. The van der Waals surface area contributed by atoms with Crippen LogP contribution in [0.15, 0.2) is 41.1 Å². The molecule has 4 heteroatoms. The summed E-state index contributed by atoms with van der Waals surface area (Å²) in [6, 6.07) is 8.20. The molecule has 0 amide bonds. The summed E-state index contributed by atoms with van der Waals surface area (Å²) < 4.78 is 7.99. The van der Waals surface area contributed by atoms with Crippen molar-refractivity contribution in [3.05, 3.63) is 41.1 Å². The van der Waals surface area contributed by atoms with Gasteiger partial charge in [-0.2, -0.15) is 5.10 Å². The van der Waals surface area contributed by atoms with Crippen LogP contribution >= 0.6 is 15.9 Å². The van der Waals surface area contributed by atoms with Gasteiger partial charge >= 0.3 is 0 Å². The lowest BCUT2D eigenvalue weighted by molar-refractivity contribution is 0.183. The van der Waals surface area contributed by atoms with Crippen molar-refractivity contribution >= 4 is 15.9 Å². The van der Waals surface area contributed by atoms with E-state index in [0.717, 1.165) is 16.6 Å². The smallest absolute Gasteiger partial charge is 0.0658 e. The van der Waals surface area contributed by atoms with Crippen LogP contribution in [0.4, 0.5) is 0 Å². The monoisotopic (exact) mass is 280 g/mol. The summed E-state index contributed by atoms with van der Waals surface area (Å²) in [6.45, 7) is 1.47. The Balaban J connectivity index is 2.15. The Kier molecular flexibility index (Phi) is 3.74. The van der Waals surface area contributed by atoms with Crippen molar-refractivity contribution in [3.63, 3.8) is 0 Å². The van der Waals surface area contributed by atoms with Crippen LogP contribution in [0, 0.1) is 0 Å². The fourth-order valence-corrected chi connectivity index (χ4v) is 1.73. The summed E-state index contributed by atoms with van der Waals surface area (Å²) in [5.41, 5.74) is 2.30. The largest absolute Gasteiger partial charge is 0.383 e. The van der Waals surface area contributed by atoms with E-state index in [0.29, 0.717) is 6.61 Å². The van der Waals surface area contributed by atoms with Crippen molar-refractivity contribution in [1.82, 2.24) is 9.78 Å². The van der Waals surface area contributed by atoms with E-state index in [1.165, 1.54) is 5.56 Å². The number of hydrogen-bond acceptors (Lipinski definition) is 2. The summed E-state index contributed by atoms with van der Waals surface area (Å²) >= 11 is 3.42. The maximum Gasteiger partial charge on any atom is 0.0658 e. The minimum Gasteiger partial charge on any atom is -0.383 e. The lowest BCUT2D eigenvalue weighted by Gasteiger charge is -1.99. The highest BCUT2D eigenvalue weighted by atomic mass is 79.9. The summed E-state index contributed by atoms with van der Waals surface area (Å²) in [4.78, 5) is 0. The molecule has 16 heavy (non-hydrogen) atoms. The van der Waals surface area contributed by atoms with Crippen LogP contribution in [0.1, 0.15) is 0 Å². The highest BCUT2D eigenvalue weighted by Crippen LogP contribution is 2.20. The maximum absolute atomic E-state index is 5.01. The van der Waals surface area contributed by atoms with Gasteiger partial charge in [-0.3, -0.25) is 4.68 Å². The third kappa shape index (κ3) is 2.71. The molecule has 0 radical (unpaired) electrons. The molecule has 0 saturated carbocycles. The van der Waals surface area contributed by atoms with Gasteiger partial charge in [0, 0.05) is 23.3 Å². The van der Waals surface area contributed by atoms with Crippen LogP contribution in [0.5, 0.6) is 0 Å². The number of aromatic nitrogens is 2. The molecule has 0 aliphatic carbocycles. The molecule has 0 aliphatic rings. The normalized spacial score (nSPS) is 10.6. The average molecular weight is 281 g/mol. The van der Waals surface area contributed by atoms with Gasteiger partial charge < -0.3 is 4.74 Å². The molecule has 3 nitrogen and oxygen atoms in total. The summed E-state index contributed by atoms with van der Waals surface area (Å²) in [6.07, 6.45) is 3.90. The molecule has 0 spiro atoms. The molecule has 0 saturated heterocycles. The Morgan fingerprint density at radius 2 is 2.00 bits per heavy atom. The topological polar surface area (TPSA) is 27.1 Å². The van der Waals surface area contributed by atoms with Crippen LogP contribution in [0.3, 0.4) is 0 Å². The first-order valence-electron chi connectivity index (χ1n) is 5.07. The van der Waals surface area contributed by atoms with Gasteiger partial charge in [-0.25, -0.2) is 0 Å². The first-order valence-corrected chi connectivity index (χ1v) is 5.86. The van der Waals surface area contributed by atoms with Crippen LogP contribution in [-0.4, -0.2) is 23.5 Å². The van der Waals surface area contributed by atoms with Gasteiger partial charge in [0.15, 0.2) is 0 Å². The van der Waals surface area contributed by atoms with Crippen molar-refractivity contribution < 1.29 is 4.74 Å². The van der Waals surface area contributed by atoms with E-state index in [4.69, 9.17) is 4.74 Å². The molecule has 0 aliphatic heterocycles. The van der Waals surface area contributed by atoms with Gasteiger partial charge in [-0.15, -0.1) is 0 Å². The molecule has 0 bridgehead atoms. The Morgan fingerprint density at radius 3 is 2.69 bits per heavy atom. The highest BCUT2D eigenvalue weighted by molar-refractivity contribution is 9.10. The minimum absolute atomic E-state index is 0.682. The predicted octanol–water partition coefficient (Wildman–Crippen LogP) is 2.96. The van der Waals surface area contributed by atoms with E-state index < -0.39 is 0 Å². The molecule has 0 N–H and O–H groups in total. The molecule has 0 atom stereocenters. The zero-order chi connectivity index (χ0) is 11.4. The Morgan fingerprint density at radius 1 is 1.25 bits per heavy atom. The van der Waals surface area contributed by atoms with Gasteiger partial charge in [0.1, 0.15) is 0 Å². The van der Waals surface area contributed by atoms with Crippen LogP contribution < -0.4 is 0 Å². The molecule has 2 aromatic rings. The fraction of sp³-hybridized carbons (Fsp3) is 0.250. The van der Waals surface area contributed by atoms with E-state index in [1.807, 2.05) is 29.2 Å². The van der Waals surface area contributed by atoms with Crippen molar-refractivity contribution in [2.24, 2.45) is 0 Å². The van der Waals surface area contributed by atoms with Gasteiger partial charge in [0.05, 0.1) is 19.3 Å². The molecule has 1 aromatic heterocycles. The third-order valence-corrected chi connectivity index (χ3v) is 2.86. The first-order chi connectivity index (χ1) is 7.79. The summed E-state index contributed by atoms with van der Waals surface area (Å²) in [5.74, 6) is 0. The molecule has 2 rings (SSSR count). The van der Waals surface area contributed by atoms with Crippen molar-refractivity contribution in [2.75, 3.05) is 13.7 Å². The molecule has 0 fully saturated rings. The molecule has 84 valence electrons. The van der Waals surface area contributed by atoms with Crippen molar-refractivity contribution in [1.29, 1.82) is 0 Å². The van der Waals surface area contributed by atoms with Crippen LogP contribution in [-0.2, 0) is 11.3 Å². The molecular weight excluding hydrogens is 268 g/mol. The van der Waals surface area contributed by atoms with Gasteiger partial charge in [0.25, 0.3) is 0 Å². The zero-order valence-corrected chi connectivity index (χ0v) is 10.6. The number of rotatable bonds is 4. The zero-order valence-electron chi connectivity index (χ0n) is 9.06. The number of hydrogen-bond donors (Lipinski definition) is 0. The Bertz CT molecular complexity index is 450. The molecule has 1 heterocycles. The molecule has 1 aromatic carbocycles. The number of methoxy groups -OCH3 is 1. The predicted molar refractivity (Wildman–Crippen MR) is 67.2 cm³/mol. The van der Waals surface area contributed by atoms with Gasteiger partial charge in [0.2, 0.25) is 0 Å². The van der Waals surface area contributed by atoms with E-state index in [9.17, 15) is 0 Å². The Labute approximate surface area is 103 Å². The second-order valence-corrected chi connectivity index (χ2v) is 4.41. The molecular formula is C12H13BrN2O. The lowest BCUT2D eigenvalue weighted by atomic mass is 10.1. The maximum atomic E-state index is 5.01. The summed E-state index contributed by atoms with van der Waals surface area (Å²) in [7, 11) is 1.69. The van der Waals surface area contributed by atoms with E-state index >= 15 is 0 Å². The number of ether oxygens (including phenoxy) is 1. The Hall–Kier alpha value is -1.13. The quantitative estimate of drug-likeness (QED) is 0.861. The first kappa shape index (κ1) is 11.4. The minimum atomic E-state index is 0.682. The lowest BCUT2D eigenvalue weighted by Crippen LogP contribution is -2.03. The van der Waals surface area contributed by atoms with Gasteiger partial charge in [-0.1, -0.05) is 28.1 Å². The van der Waals surface area contributed by atoms with E-state index in [1.54, 1.807) is 7.11 Å². The van der Waals surface area contributed by atoms with Crippen LogP contribution in [0.25, 0.3) is 11.1 Å². The van der Waals surface area contributed by atoms with Crippen molar-refractivity contribution in [2.45, 2.75) is 6.54 Å². The van der Waals surface area contributed by atoms with E-state index in [-0.39, 0.29) is 0 Å². The van der Waals surface area contributed by atoms with Gasteiger partial charge in [-0.05, 0) is 17.7 Å². The van der Waals surface area contributed by atoms with Crippen molar-refractivity contribution in [3.8, 4) is 11.1 Å². The fourth-order valence-electron chi connectivity index (χ4n) is 1.46. The third-order valence-electron chi connectivity index (χ3n) is 2.34. The number of halogens is 1. The second-order valence-electron chi connectivity index (χ2n) is 3.49. The number of benzene rings is 1. The standard InChI is InChI=1S/C12H13BrN2O/c1-16-7-6-15-9-11(8-14-15)10-2-4-12(13)5-3-10/h2-5,8-9H,6-7H2,1H3. The van der Waals surface area contributed by atoms with E-state index in [2.05, 4.69) is 33.2 Å². The van der Waals surface area contributed by atoms with Crippen LogP contribution in [0.2, 0.25) is 0 Å². The second kappa shape index (κ2) is 5.27. The average Bonchev–Trinajstić information content (AvgIpc) is 2.76. The number of nitrogens with zero attached hydrogens (tertiary/aromatic N) is 2.